The van der Waals surface area contributed by atoms with Crippen molar-refractivity contribution < 1.29 is 14.6 Å². The normalized spacial score (nSPS) is 52.2. The van der Waals surface area contributed by atoms with Gasteiger partial charge in [0.15, 0.2) is 0 Å². The van der Waals surface area contributed by atoms with Crippen LogP contribution in [0.5, 0.6) is 0 Å². The molecule has 4 nitrogen and oxygen atoms in total. The Hall–Kier alpha value is -0.630. The smallest absolute Gasteiger partial charge is 0.115 e. The molecule has 1 aliphatic carbocycles. The molecule has 4 heteroatoms. The van der Waals surface area contributed by atoms with Crippen molar-refractivity contribution in [3.05, 3.63) is 0 Å². The van der Waals surface area contributed by atoms with Crippen molar-refractivity contribution in [3.63, 3.8) is 0 Å². The maximum atomic E-state index is 10.7. The van der Waals surface area contributed by atoms with E-state index in [9.17, 15) is 10.4 Å². The van der Waals surface area contributed by atoms with Crippen molar-refractivity contribution in [2.75, 3.05) is 6.61 Å². The van der Waals surface area contributed by atoms with Crippen molar-refractivity contribution in [2.24, 2.45) is 5.41 Å². The molecular weight excluding hydrogens is 218 g/mol. The Labute approximate surface area is 102 Å². The van der Waals surface area contributed by atoms with E-state index in [4.69, 9.17) is 9.47 Å². The molecule has 3 unspecified atom stereocenters. The maximum Gasteiger partial charge on any atom is 0.115 e. The Kier molecular flexibility index (Phi) is 2.48. The fraction of sp³-hybridized carbons (Fsp3) is 0.923. The minimum Gasteiger partial charge on any atom is -0.388 e. The Balaban J connectivity index is 1.77. The van der Waals surface area contributed by atoms with Crippen LogP contribution in [0.15, 0.2) is 0 Å². The average molecular weight is 237 g/mol. The Morgan fingerprint density at radius 1 is 1.41 bits per heavy atom. The molecule has 3 atom stereocenters. The summed E-state index contributed by atoms with van der Waals surface area (Å²) in [5, 5.41) is 20.2. The minimum absolute atomic E-state index is 0.0647. The number of hydrogen-bond donors (Lipinski definition) is 1. The lowest BCUT2D eigenvalue weighted by Crippen LogP contribution is -2.62. The van der Waals surface area contributed by atoms with Crippen LogP contribution in [0, 0.1) is 16.7 Å². The van der Waals surface area contributed by atoms with E-state index >= 15 is 0 Å². The second kappa shape index (κ2) is 3.68. The summed E-state index contributed by atoms with van der Waals surface area (Å²) in [5.74, 6) is 0. The first kappa shape index (κ1) is 11.5. The highest BCUT2D eigenvalue weighted by Gasteiger charge is 2.67. The van der Waals surface area contributed by atoms with Gasteiger partial charge < -0.3 is 14.6 Å². The second-order valence-electron chi connectivity index (χ2n) is 5.63. The van der Waals surface area contributed by atoms with Gasteiger partial charge >= 0.3 is 0 Å². The third-order valence-corrected chi connectivity index (χ3v) is 4.77. The van der Waals surface area contributed by atoms with E-state index in [1.54, 1.807) is 0 Å². The number of nitrogens with zero attached hydrogens (tertiary/aromatic N) is 1. The highest BCUT2D eigenvalue weighted by molar-refractivity contribution is 5.24. The highest BCUT2D eigenvalue weighted by Crippen LogP contribution is 2.59. The number of fused-ring (bicyclic) bond motifs is 2. The predicted molar refractivity (Wildman–Crippen MR) is 60.2 cm³/mol. The maximum absolute atomic E-state index is 10.7. The first-order chi connectivity index (χ1) is 8.13. The monoisotopic (exact) mass is 237 g/mol. The third-order valence-electron chi connectivity index (χ3n) is 4.77. The van der Waals surface area contributed by atoms with Gasteiger partial charge in [0.25, 0.3) is 0 Å². The van der Waals surface area contributed by atoms with E-state index in [1.807, 2.05) is 6.92 Å². The van der Waals surface area contributed by atoms with Crippen molar-refractivity contribution in [3.8, 4) is 6.07 Å². The van der Waals surface area contributed by atoms with Crippen molar-refractivity contribution in [1.29, 1.82) is 5.26 Å². The molecule has 3 fully saturated rings. The zero-order chi connectivity index (χ0) is 12.1. The molecule has 2 aliphatic heterocycles. The molecule has 0 radical (unpaired) electrons. The van der Waals surface area contributed by atoms with Crippen molar-refractivity contribution >= 4 is 0 Å². The molecule has 3 aliphatic rings. The molecule has 17 heavy (non-hydrogen) atoms. The van der Waals surface area contributed by atoms with Gasteiger partial charge in [-0.15, -0.1) is 0 Å². The molecule has 0 aromatic heterocycles. The van der Waals surface area contributed by atoms with Crippen LogP contribution in [0.4, 0.5) is 0 Å². The molecule has 3 rings (SSSR count). The molecule has 0 aromatic carbocycles. The predicted octanol–water partition coefficient (Wildman–Crippen LogP) is 1.38. The number of aliphatic hydroxyl groups is 1. The summed E-state index contributed by atoms with van der Waals surface area (Å²) in [6.07, 6.45) is 4.07. The molecule has 2 saturated heterocycles. The largest absolute Gasteiger partial charge is 0.388 e. The van der Waals surface area contributed by atoms with E-state index in [2.05, 4.69) is 6.07 Å². The summed E-state index contributed by atoms with van der Waals surface area (Å²) in [5.41, 5.74) is -1.56. The topological polar surface area (TPSA) is 62.5 Å². The first-order valence-electron chi connectivity index (χ1n) is 6.54. The second-order valence-corrected chi connectivity index (χ2v) is 5.63. The fourth-order valence-corrected chi connectivity index (χ4v) is 3.83. The summed E-state index contributed by atoms with van der Waals surface area (Å²) < 4.78 is 11.3. The van der Waals surface area contributed by atoms with Crippen molar-refractivity contribution in [2.45, 2.75) is 62.9 Å². The summed E-state index contributed by atoms with van der Waals surface area (Å²) >= 11 is 0. The zero-order valence-corrected chi connectivity index (χ0v) is 10.2. The molecular formula is C13H19NO3. The van der Waals surface area contributed by atoms with E-state index < -0.39 is 11.0 Å². The van der Waals surface area contributed by atoms with Crippen LogP contribution in [-0.4, -0.2) is 35.6 Å². The van der Waals surface area contributed by atoms with Crippen LogP contribution in [0.25, 0.3) is 0 Å². The lowest BCUT2D eigenvalue weighted by molar-refractivity contribution is -0.197. The Morgan fingerprint density at radius 3 is 2.65 bits per heavy atom. The standard InChI is InChI=1S/C13H19NO3/c1-2-16-10-6-13(15,7-10)12(8-14)5-9-3-4-11(12)17-9/h9-11,15H,2-7H2,1H3. The lowest BCUT2D eigenvalue weighted by Gasteiger charge is -2.52. The summed E-state index contributed by atoms with van der Waals surface area (Å²) in [7, 11) is 0. The zero-order valence-electron chi connectivity index (χ0n) is 10.2. The van der Waals surface area contributed by atoms with Gasteiger partial charge in [0.05, 0.1) is 30.0 Å². The molecule has 0 amide bonds. The van der Waals surface area contributed by atoms with E-state index in [0.29, 0.717) is 25.9 Å². The third kappa shape index (κ3) is 1.40. The average Bonchev–Trinajstić information content (AvgIpc) is 2.87. The van der Waals surface area contributed by atoms with Crippen LogP contribution in [0.2, 0.25) is 0 Å². The van der Waals surface area contributed by atoms with Crippen LogP contribution in [0.1, 0.15) is 39.0 Å². The van der Waals surface area contributed by atoms with Crippen molar-refractivity contribution in [1.82, 2.24) is 0 Å². The first-order valence-corrected chi connectivity index (χ1v) is 6.54. The van der Waals surface area contributed by atoms with E-state index in [0.717, 1.165) is 12.8 Å². The number of rotatable bonds is 3. The quantitative estimate of drug-likeness (QED) is 0.805. The van der Waals surface area contributed by atoms with Gasteiger partial charge in [-0.1, -0.05) is 0 Å². The van der Waals surface area contributed by atoms with Gasteiger partial charge in [0.1, 0.15) is 5.41 Å². The van der Waals surface area contributed by atoms with E-state index in [1.165, 1.54) is 0 Å². The van der Waals surface area contributed by atoms with Gasteiger partial charge in [0.2, 0.25) is 0 Å². The summed E-state index contributed by atoms with van der Waals surface area (Å²) in [4.78, 5) is 0. The molecule has 1 saturated carbocycles. The number of nitriles is 1. The molecule has 1 N–H and O–H groups in total. The summed E-state index contributed by atoms with van der Waals surface area (Å²) in [6.45, 7) is 2.63. The number of hydrogen-bond acceptors (Lipinski definition) is 4. The SMILES string of the molecule is CCOC1CC(O)(C2(C#N)CC3CCC2O3)C1. The molecule has 2 bridgehead atoms. The van der Waals surface area contributed by atoms with Gasteiger partial charge in [0, 0.05) is 19.4 Å². The molecule has 94 valence electrons. The molecule has 0 spiro atoms. The van der Waals surface area contributed by atoms with Crippen LogP contribution in [-0.2, 0) is 9.47 Å². The van der Waals surface area contributed by atoms with Gasteiger partial charge in [-0.3, -0.25) is 0 Å². The number of ether oxygens (including phenoxy) is 2. The fourth-order valence-electron chi connectivity index (χ4n) is 3.83. The molecule has 0 aromatic rings. The highest BCUT2D eigenvalue weighted by atomic mass is 16.5. The molecule has 2 heterocycles. The van der Waals surface area contributed by atoms with Gasteiger partial charge in [-0.05, 0) is 26.2 Å². The summed E-state index contributed by atoms with van der Waals surface area (Å²) in [6, 6.07) is 2.38. The van der Waals surface area contributed by atoms with Gasteiger partial charge in [-0.2, -0.15) is 5.26 Å². The Morgan fingerprint density at radius 2 is 2.18 bits per heavy atom. The van der Waals surface area contributed by atoms with Crippen LogP contribution >= 0.6 is 0 Å². The lowest BCUT2D eigenvalue weighted by atomic mass is 9.55. The van der Waals surface area contributed by atoms with Crippen LogP contribution in [0.3, 0.4) is 0 Å². The van der Waals surface area contributed by atoms with Gasteiger partial charge in [-0.25, -0.2) is 0 Å². The van der Waals surface area contributed by atoms with E-state index in [-0.39, 0.29) is 18.3 Å². The minimum atomic E-state index is -0.887. The van der Waals surface area contributed by atoms with Crippen LogP contribution < -0.4 is 0 Å². The Bertz CT molecular complexity index is 358.